The summed E-state index contributed by atoms with van der Waals surface area (Å²) < 4.78 is 5.33. The molecule has 5 nitrogen and oxygen atoms in total. The number of rotatable bonds is 4. The zero-order valence-electron chi connectivity index (χ0n) is 15.9. The molecule has 3 aromatic rings. The van der Waals surface area contributed by atoms with Crippen LogP contribution in [-0.2, 0) is 0 Å². The molecular weight excluding hydrogens is 350 g/mol. The third-order valence-electron chi connectivity index (χ3n) is 5.17. The number of likely N-dealkylation sites (tertiary alicyclic amines) is 1. The number of carbonyl (C=O) groups is 1. The van der Waals surface area contributed by atoms with Gasteiger partial charge < -0.3 is 9.64 Å². The lowest BCUT2D eigenvalue weighted by Gasteiger charge is -2.32. The first-order valence-electron chi connectivity index (χ1n) is 9.55. The van der Waals surface area contributed by atoms with Gasteiger partial charge in [-0.25, -0.2) is 0 Å². The number of piperidine rings is 1. The minimum Gasteiger partial charge on any atom is -0.497 e. The van der Waals surface area contributed by atoms with E-state index in [0.717, 1.165) is 42.1 Å². The van der Waals surface area contributed by atoms with Crippen molar-refractivity contribution in [2.75, 3.05) is 20.2 Å². The number of aromatic nitrogens is 2. The van der Waals surface area contributed by atoms with E-state index in [0.29, 0.717) is 12.1 Å². The van der Waals surface area contributed by atoms with Crippen molar-refractivity contribution in [2.45, 2.75) is 18.8 Å². The number of benzene rings is 1. The Labute approximate surface area is 165 Å². The molecule has 3 heterocycles. The first-order chi connectivity index (χ1) is 13.7. The van der Waals surface area contributed by atoms with Crippen molar-refractivity contribution in [1.82, 2.24) is 14.9 Å². The molecule has 1 aliphatic rings. The van der Waals surface area contributed by atoms with Gasteiger partial charge in [-0.1, -0.05) is 18.2 Å². The quantitative estimate of drug-likeness (QED) is 0.689. The average Bonchev–Trinajstić information content (AvgIpc) is 2.79. The van der Waals surface area contributed by atoms with Gasteiger partial charge in [0.15, 0.2) is 0 Å². The molecule has 1 atom stereocenters. The molecule has 28 heavy (non-hydrogen) atoms. The molecule has 1 amide bonds. The number of amides is 1. The van der Waals surface area contributed by atoms with Gasteiger partial charge in [-0.05, 0) is 49.2 Å². The summed E-state index contributed by atoms with van der Waals surface area (Å²) in [6, 6.07) is 17.7. The van der Waals surface area contributed by atoms with Crippen LogP contribution in [0.5, 0.6) is 5.75 Å². The maximum atomic E-state index is 12.8. The Morgan fingerprint density at radius 2 is 2.04 bits per heavy atom. The number of hydrogen-bond acceptors (Lipinski definition) is 4. The smallest absolute Gasteiger partial charge is 0.255 e. The van der Waals surface area contributed by atoms with Crippen molar-refractivity contribution < 1.29 is 9.53 Å². The SMILES string of the molecule is COc1cccc(-c2cccc(C3CCCN(C(=O)c4cccnc4)C3)n2)c1. The second kappa shape index (κ2) is 8.21. The Morgan fingerprint density at radius 1 is 1.14 bits per heavy atom. The van der Waals surface area contributed by atoms with E-state index < -0.39 is 0 Å². The molecule has 0 aliphatic carbocycles. The number of methoxy groups -OCH3 is 1. The number of pyridine rings is 2. The molecule has 2 aromatic heterocycles. The van der Waals surface area contributed by atoms with Gasteiger partial charge in [0.1, 0.15) is 5.75 Å². The van der Waals surface area contributed by atoms with Crippen LogP contribution < -0.4 is 4.74 Å². The van der Waals surface area contributed by atoms with Crippen LogP contribution in [0.1, 0.15) is 34.8 Å². The highest BCUT2D eigenvalue weighted by Gasteiger charge is 2.26. The lowest BCUT2D eigenvalue weighted by Crippen LogP contribution is -2.39. The monoisotopic (exact) mass is 373 g/mol. The van der Waals surface area contributed by atoms with E-state index in [1.807, 2.05) is 47.4 Å². The molecule has 0 saturated carbocycles. The highest BCUT2D eigenvalue weighted by atomic mass is 16.5. The van der Waals surface area contributed by atoms with Crippen molar-refractivity contribution in [3.63, 3.8) is 0 Å². The van der Waals surface area contributed by atoms with Gasteiger partial charge in [0.25, 0.3) is 5.91 Å². The number of carbonyl (C=O) groups excluding carboxylic acids is 1. The van der Waals surface area contributed by atoms with Crippen LogP contribution >= 0.6 is 0 Å². The van der Waals surface area contributed by atoms with E-state index in [1.165, 1.54) is 0 Å². The Hall–Kier alpha value is -3.21. The normalized spacial score (nSPS) is 16.6. The van der Waals surface area contributed by atoms with Crippen LogP contribution in [0.4, 0.5) is 0 Å². The number of nitrogens with zero attached hydrogens (tertiary/aromatic N) is 3. The summed E-state index contributed by atoms with van der Waals surface area (Å²) in [6.45, 7) is 1.46. The van der Waals surface area contributed by atoms with Crippen LogP contribution in [0.25, 0.3) is 11.3 Å². The van der Waals surface area contributed by atoms with Crippen LogP contribution in [0.2, 0.25) is 0 Å². The molecule has 1 saturated heterocycles. The average molecular weight is 373 g/mol. The molecule has 1 aliphatic heterocycles. The Kier molecular flexibility index (Phi) is 5.33. The molecule has 4 rings (SSSR count). The van der Waals surface area contributed by atoms with Gasteiger partial charge >= 0.3 is 0 Å². The maximum absolute atomic E-state index is 12.8. The second-order valence-corrected chi connectivity index (χ2v) is 7.01. The highest BCUT2D eigenvalue weighted by Crippen LogP contribution is 2.29. The predicted octanol–water partition coefficient (Wildman–Crippen LogP) is 4.17. The first kappa shape index (κ1) is 18.2. The van der Waals surface area contributed by atoms with Crippen molar-refractivity contribution in [3.05, 3.63) is 78.2 Å². The molecule has 1 unspecified atom stereocenters. The second-order valence-electron chi connectivity index (χ2n) is 7.01. The molecule has 1 aromatic carbocycles. The minimum atomic E-state index is 0.0433. The zero-order valence-corrected chi connectivity index (χ0v) is 15.9. The van der Waals surface area contributed by atoms with Crippen LogP contribution in [0.15, 0.2) is 67.0 Å². The fourth-order valence-electron chi connectivity index (χ4n) is 3.70. The standard InChI is InChI=1S/C23H23N3O2/c1-28-20-9-2-6-17(14-20)21-10-3-11-22(25-21)19-8-5-13-26(16-19)23(27)18-7-4-12-24-15-18/h2-4,6-7,9-12,14-15,19H,5,8,13,16H2,1H3. The van der Waals surface area contributed by atoms with Crippen molar-refractivity contribution in [3.8, 4) is 17.0 Å². The third kappa shape index (κ3) is 3.88. The number of hydrogen-bond donors (Lipinski definition) is 0. The fourth-order valence-corrected chi connectivity index (χ4v) is 3.70. The van der Waals surface area contributed by atoms with Gasteiger partial charge in [-0.2, -0.15) is 0 Å². The topological polar surface area (TPSA) is 55.3 Å². The molecule has 0 radical (unpaired) electrons. The van der Waals surface area contributed by atoms with Crippen LogP contribution in [0, 0.1) is 0 Å². The summed E-state index contributed by atoms with van der Waals surface area (Å²) in [5.41, 5.74) is 3.62. The Bertz CT molecular complexity index is 959. The molecule has 142 valence electrons. The largest absolute Gasteiger partial charge is 0.497 e. The molecule has 0 N–H and O–H groups in total. The van der Waals surface area contributed by atoms with Gasteiger partial charge in [-0.3, -0.25) is 14.8 Å². The Morgan fingerprint density at radius 3 is 2.86 bits per heavy atom. The first-order valence-corrected chi connectivity index (χ1v) is 9.55. The Balaban J connectivity index is 1.55. The summed E-state index contributed by atoms with van der Waals surface area (Å²) in [7, 11) is 1.67. The lowest BCUT2D eigenvalue weighted by atomic mass is 9.93. The van der Waals surface area contributed by atoms with Crippen molar-refractivity contribution in [1.29, 1.82) is 0 Å². The third-order valence-corrected chi connectivity index (χ3v) is 5.17. The number of ether oxygens (including phenoxy) is 1. The fraction of sp³-hybridized carbons (Fsp3) is 0.261. The summed E-state index contributed by atoms with van der Waals surface area (Å²) in [4.78, 5) is 23.7. The zero-order chi connectivity index (χ0) is 19.3. The minimum absolute atomic E-state index is 0.0433. The van der Waals surface area contributed by atoms with Gasteiger partial charge in [0.05, 0.1) is 18.4 Å². The summed E-state index contributed by atoms with van der Waals surface area (Å²) in [6.07, 6.45) is 5.32. The van der Waals surface area contributed by atoms with E-state index >= 15 is 0 Å². The van der Waals surface area contributed by atoms with E-state index in [-0.39, 0.29) is 11.8 Å². The van der Waals surface area contributed by atoms with Gasteiger partial charge in [-0.15, -0.1) is 0 Å². The summed E-state index contributed by atoms with van der Waals surface area (Å²) in [5, 5.41) is 0. The molecule has 0 spiro atoms. The van der Waals surface area contributed by atoms with E-state index in [2.05, 4.69) is 11.1 Å². The van der Waals surface area contributed by atoms with Crippen molar-refractivity contribution in [2.24, 2.45) is 0 Å². The van der Waals surface area contributed by atoms with Crippen LogP contribution in [0.3, 0.4) is 0 Å². The summed E-state index contributed by atoms with van der Waals surface area (Å²) in [5.74, 6) is 1.09. The highest BCUT2D eigenvalue weighted by molar-refractivity contribution is 5.94. The van der Waals surface area contributed by atoms with E-state index in [4.69, 9.17) is 9.72 Å². The molecule has 0 bridgehead atoms. The van der Waals surface area contributed by atoms with Gasteiger partial charge in [0, 0.05) is 42.7 Å². The maximum Gasteiger partial charge on any atom is 0.255 e. The summed E-state index contributed by atoms with van der Waals surface area (Å²) >= 11 is 0. The molecule has 1 fully saturated rings. The van der Waals surface area contributed by atoms with Crippen LogP contribution in [-0.4, -0.2) is 41.0 Å². The van der Waals surface area contributed by atoms with Crippen molar-refractivity contribution >= 4 is 5.91 Å². The molecular formula is C23H23N3O2. The lowest BCUT2D eigenvalue weighted by molar-refractivity contribution is 0.0705. The predicted molar refractivity (Wildman–Crippen MR) is 108 cm³/mol. The molecule has 5 heteroatoms. The van der Waals surface area contributed by atoms with E-state index in [1.54, 1.807) is 25.6 Å². The van der Waals surface area contributed by atoms with Gasteiger partial charge in [0.2, 0.25) is 0 Å². The van der Waals surface area contributed by atoms with E-state index in [9.17, 15) is 4.79 Å².